The van der Waals surface area contributed by atoms with E-state index in [4.69, 9.17) is 27.9 Å². The van der Waals surface area contributed by atoms with Gasteiger partial charge in [-0.2, -0.15) is 0 Å². The van der Waals surface area contributed by atoms with E-state index in [-0.39, 0.29) is 24.2 Å². The van der Waals surface area contributed by atoms with Crippen molar-refractivity contribution in [2.45, 2.75) is 38.5 Å². The van der Waals surface area contributed by atoms with E-state index in [1.807, 2.05) is 38.1 Å². The van der Waals surface area contributed by atoms with Crippen molar-refractivity contribution in [3.8, 4) is 5.75 Å². The number of benzene rings is 2. The lowest BCUT2D eigenvalue weighted by Crippen LogP contribution is -2.46. The van der Waals surface area contributed by atoms with Gasteiger partial charge in [0.2, 0.25) is 15.9 Å². The molecule has 1 aliphatic heterocycles. The van der Waals surface area contributed by atoms with Gasteiger partial charge in [-0.15, -0.1) is 0 Å². The van der Waals surface area contributed by atoms with E-state index in [9.17, 15) is 13.2 Å². The van der Waals surface area contributed by atoms with Crippen LogP contribution in [0.5, 0.6) is 5.75 Å². The number of nitrogens with zero attached hydrogens (tertiary/aromatic N) is 1. The van der Waals surface area contributed by atoms with Crippen LogP contribution in [0.3, 0.4) is 0 Å². The number of nitrogens with one attached hydrogen (secondary N) is 1. The van der Waals surface area contributed by atoms with E-state index in [1.165, 1.54) is 10.4 Å². The molecule has 1 fully saturated rings. The zero-order valence-electron chi connectivity index (χ0n) is 18.2. The highest BCUT2D eigenvalue weighted by Crippen LogP contribution is 2.27. The highest BCUT2D eigenvalue weighted by atomic mass is 35.5. The van der Waals surface area contributed by atoms with Crippen molar-refractivity contribution in [2.24, 2.45) is 5.92 Å². The molecule has 0 bridgehead atoms. The van der Waals surface area contributed by atoms with Crippen LogP contribution in [-0.4, -0.2) is 38.3 Å². The summed E-state index contributed by atoms with van der Waals surface area (Å²) >= 11 is 12.1. The highest BCUT2D eigenvalue weighted by Gasteiger charge is 2.33. The van der Waals surface area contributed by atoms with Gasteiger partial charge in [-0.3, -0.25) is 4.79 Å². The van der Waals surface area contributed by atoms with Crippen LogP contribution in [0, 0.1) is 5.92 Å². The Kier molecular flexibility index (Phi) is 8.44. The van der Waals surface area contributed by atoms with Crippen molar-refractivity contribution in [3.63, 3.8) is 0 Å². The second kappa shape index (κ2) is 10.9. The fourth-order valence-electron chi connectivity index (χ4n) is 3.77. The first-order chi connectivity index (χ1) is 15.2. The Morgan fingerprint density at radius 3 is 2.59 bits per heavy atom. The first-order valence-electron chi connectivity index (χ1n) is 10.6. The van der Waals surface area contributed by atoms with Crippen molar-refractivity contribution in [1.29, 1.82) is 0 Å². The molecule has 0 aliphatic carbocycles. The van der Waals surface area contributed by atoms with Crippen LogP contribution in [0.2, 0.25) is 10.0 Å². The minimum atomic E-state index is -3.62. The SMILES string of the molecule is CCOc1ccc([C@H](C)NC(=O)[C@H]2CCCN(S(=O)(=O)Cc3ccc(Cl)cc3Cl)C2)cc1. The molecule has 0 aromatic heterocycles. The van der Waals surface area contributed by atoms with Gasteiger partial charge in [-0.1, -0.05) is 41.4 Å². The molecule has 3 rings (SSSR count). The summed E-state index contributed by atoms with van der Waals surface area (Å²) in [4.78, 5) is 12.9. The Balaban J connectivity index is 1.62. The van der Waals surface area contributed by atoms with Crippen LogP contribution in [0.25, 0.3) is 0 Å². The molecule has 6 nitrogen and oxygen atoms in total. The van der Waals surface area contributed by atoms with E-state index >= 15 is 0 Å². The van der Waals surface area contributed by atoms with E-state index < -0.39 is 15.9 Å². The lowest BCUT2D eigenvalue weighted by atomic mass is 9.98. The lowest BCUT2D eigenvalue weighted by Gasteiger charge is -2.32. The van der Waals surface area contributed by atoms with Crippen molar-refractivity contribution >= 4 is 39.1 Å². The molecule has 32 heavy (non-hydrogen) atoms. The number of amides is 1. The molecule has 0 spiro atoms. The maximum atomic E-state index is 13.0. The number of rotatable bonds is 8. The van der Waals surface area contributed by atoms with E-state index in [0.717, 1.165) is 11.3 Å². The summed E-state index contributed by atoms with van der Waals surface area (Å²) in [5.74, 6) is 0.0174. The van der Waals surface area contributed by atoms with Crippen LogP contribution in [0.1, 0.15) is 43.9 Å². The number of carbonyl (C=O) groups excluding carboxylic acids is 1. The molecule has 1 aliphatic rings. The van der Waals surface area contributed by atoms with Crippen LogP contribution in [0.15, 0.2) is 42.5 Å². The van der Waals surface area contributed by atoms with Crippen molar-refractivity contribution < 1.29 is 17.9 Å². The fourth-order valence-corrected chi connectivity index (χ4v) is 5.97. The molecule has 0 radical (unpaired) electrons. The van der Waals surface area contributed by atoms with Gasteiger partial charge in [0.25, 0.3) is 0 Å². The third-order valence-corrected chi connectivity index (χ3v) is 7.93. The van der Waals surface area contributed by atoms with Crippen LogP contribution in [0.4, 0.5) is 0 Å². The van der Waals surface area contributed by atoms with Crippen molar-refractivity contribution in [3.05, 3.63) is 63.6 Å². The Bertz CT molecular complexity index is 1040. The number of piperidine rings is 1. The molecule has 0 unspecified atom stereocenters. The summed E-state index contributed by atoms with van der Waals surface area (Å²) in [5.41, 5.74) is 1.45. The minimum absolute atomic E-state index is 0.143. The average Bonchev–Trinajstić information content (AvgIpc) is 2.76. The molecule has 9 heteroatoms. The monoisotopic (exact) mass is 498 g/mol. The molecular weight excluding hydrogens is 471 g/mol. The molecule has 174 valence electrons. The summed E-state index contributed by atoms with van der Waals surface area (Å²) in [5, 5.41) is 3.79. The van der Waals surface area contributed by atoms with E-state index in [0.29, 0.717) is 41.6 Å². The van der Waals surface area contributed by atoms with Gasteiger partial charge in [0, 0.05) is 23.1 Å². The zero-order valence-corrected chi connectivity index (χ0v) is 20.5. The number of carbonyl (C=O) groups is 1. The fraction of sp³-hybridized carbons (Fsp3) is 0.435. The Morgan fingerprint density at radius 2 is 1.94 bits per heavy atom. The summed E-state index contributed by atoms with van der Waals surface area (Å²) in [6, 6.07) is 12.2. The van der Waals surface area contributed by atoms with Gasteiger partial charge in [0.1, 0.15) is 5.75 Å². The summed E-state index contributed by atoms with van der Waals surface area (Å²) < 4.78 is 32.8. The molecule has 1 saturated heterocycles. The number of halogens is 2. The summed E-state index contributed by atoms with van der Waals surface area (Å²) in [6.45, 7) is 4.99. The van der Waals surface area contributed by atoms with Crippen LogP contribution in [-0.2, 0) is 20.6 Å². The Morgan fingerprint density at radius 1 is 1.22 bits per heavy atom. The third kappa shape index (κ3) is 6.38. The second-order valence-electron chi connectivity index (χ2n) is 7.92. The predicted octanol–water partition coefficient (Wildman–Crippen LogP) is 4.81. The first-order valence-corrected chi connectivity index (χ1v) is 13.0. The molecular formula is C23H28Cl2N2O4S. The van der Waals surface area contributed by atoms with Crippen LogP contribution < -0.4 is 10.1 Å². The molecule has 1 heterocycles. The molecule has 1 N–H and O–H groups in total. The summed E-state index contributed by atoms with van der Waals surface area (Å²) in [7, 11) is -3.62. The van der Waals surface area contributed by atoms with Crippen molar-refractivity contribution in [2.75, 3.05) is 19.7 Å². The molecule has 0 saturated carbocycles. The second-order valence-corrected chi connectivity index (χ2v) is 10.7. The molecule has 2 aromatic carbocycles. The minimum Gasteiger partial charge on any atom is -0.494 e. The molecule has 2 aromatic rings. The van der Waals surface area contributed by atoms with Gasteiger partial charge in [-0.25, -0.2) is 12.7 Å². The maximum Gasteiger partial charge on any atom is 0.224 e. The van der Waals surface area contributed by atoms with Gasteiger partial charge in [0.15, 0.2) is 0 Å². The number of sulfonamides is 1. The predicted molar refractivity (Wildman–Crippen MR) is 128 cm³/mol. The van der Waals surface area contributed by atoms with Crippen LogP contribution >= 0.6 is 23.2 Å². The average molecular weight is 499 g/mol. The highest BCUT2D eigenvalue weighted by molar-refractivity contribution is 7.88. The smallest absolute Gasteiger partial charge is 0.224 e. The number of ether oxygens (including phenoxy) is 1. The zero-order chi connectivity index (χ0) is 23.3. The van der Waals surface area contributed by atoms with Crippen molar-refractivity contribution in [1.82, 2.24) is 9.62 Å². The molecule has 1 amide bonds. The maximum absolute atomic E-state index is 13.0. The topological polar surface area (TPSA) is 75.7 Å². The molecule has 2 atom stereocenters. The standard InChI is InChI=1S/C23H28Cl2N2O4S/c1-3-31-21-10-7-17(8-11-21)16(2)26-23(28)18-5-4-12-27(14-18)32(29,30)15-19-6-9-20(24)13-22(19)25/h6-11,13,16,18H,3-5,12,14-15H2,1-2H3,(H,26,28)/t16-,18-/m0/s1. The van der Waals surface area contributed by atoms with Gasteiger partial charge < -0.3 is 10.1 Å². The lowest BCUT2D eigenvalue weighted by molar-refractivity contribution is -0.126. The normalized spacial score (nSPS) is 18.2. The number of hydrogen-bond donors (Lipinski definition) is 1. The largest absolute Gasteiger partial charge is 0.494 e. The first kappa shape index (κ1) is 24.8. The van der Waals surface area contributed by atoms with Gasteiger partial charge >= 0.3 is 0 Å². The van der Waals surface area contributed by atoms with E-state index in [1.54, 1.807) is 12.1 Å². The Hall–Kier alpha value is -1.80. The van der Waals surface area contributed by atoms with E-state index in [2.05, 4.69) is 5.32 Å². The third-order valence-electron chi connectivity index (χ3n) is 5.55. The summed E-state index contributed by atoms with van der Waals surface area (Å²) in [6.07, 6.45) is 1.28. The quantitative estimate of drug-likeness (QED) is 0.566. The Labute approximate surface area is 199 Å². The number of hydrogen-bond acceptors (Lipinski definition) is 4. The van der Waals surface area contributed by atoms with Gasteiger partial charge in [0.05, 0.1) is 24.3 Å². The van der Waals surface area contributed by atoms with Gasteiger partial charge in [-0.05, 0) is 62.1 Å².